The second-order valence-electron chi connectivity index (χ2n) is 2.27. The molecule has 1 amide bonds. The van der Waals surface area contributed by atoms with Crippen molar-refractivity contribution in [2.45, 2.75) is 0 Å². The fourth-order valence-electron chi connectivity index (χ4n) is 0.919. The molecule has 1 aliphatic heterocycles. The smallest absolute Gasteiger partial charge is 0.240 e. The van der Waals surface area contributed by atoms with E-state index >= 15 is 0 Å². The minimum absolute atomic E-state index is 0.0717. The third kappa shape index (κ3) is 0.814. The van der Waals surface area contributed by atoms with Crippen LogP contribution in [0, 0.1) is 5.92 Å². The fraction of sp³-hybridized carbons (Fsp3) is 0.500. The normalized spacial score (nSPS) is 25.7. The Kier molecular flexibility index (Phi) is 1.53. The summed E-state index contributed by atoms with van der Waals surface area (Å²) in [7, 11) is 1.50. The fourth-order valence-corrected chi connectivity index (χ4v) is 0.919. The molecule has 0 radical (unpaired) electrons. The van der Waals surface area contributed by atoms with Crippen LogP contribution in [0.2, 0.25) is 0 Å². The van der Waals surface area contributed by atoms with Crippen molar-refractivity contribution in [2.75, 3.05) is 13.6 Å². The van der Waals surface area contributed by atoms with Gasteiger partial charge in [0.15, 0.2) is 11.7 Å². The van der Waals surface area contributed by atoms with E-state index in [1.54, 1.807) is 0 Å². The molecule has 10 heavy (non-hydrogen) atoms. The first-order valence-corrected chi connectivity index (χ1v) is 2.90. The van der Waals surface area contributed by atoms with Gasteiger partial charge in [0.05, 0.1) is 6.54 Å². The minimum atomic E-state index is -1.02. The Morgan fingerprint density at radius 1 is 1.60 bits per heavy atom. The highest BCUT2D eigenvalue weighted by Crippen LogP contribution is 2.09. The second-order valence-corrected chi connectivity index (χ2v) is 2.27. The van der Waals surface area contributed by atoms with Crippen molar-refractivity contribution in [3.05, 3.63) is 0 Å². The molecule has 1 heterocycles. The Bertz CT molecular complexity index is 199. The highest BCUT2D eigenvalue weighted by molar-refractivity contribution is 6.17. The molecule has 0 aromatic heterocycles. The first kappa shape index (κ1) is 6.92. The van der Waals surface area contributed by atoms with E-state index in [9.17, 15) is 14.4 Å². The Labute approximate surface area is 57.8 Å². The van der Waals surface area contributed by atoms with E-state index in [1.165, 1.54) is 11.9 Å². The van der Waals surface area contributed by atoms with Crippen LogP contribution < -0.4 is 0 Å². The van der Waals surface area contributed by atoms with E-state index in [1.807, 2.05) is 0 Å². The van der Waals surface area contributed by atoms with Crippen molar-refractivity contribution in [2.24, 2.45) is 5.92 Å². The van der Waals surface area contributed by atoms with Crippen LogP contribution in [0.5, 0.6) is 0 Å². The van der Waals surface area contributed by atoms with Gasteiger partial charge in [-0.05, 0) is 0 Å². The maximum atomic E-state index is 10.8. The van der Waals surface area contributed by atoms with Crippen molar-refractivity contribution in [3.8, 4) is 0 Å². The predicted octanol–water partition coefficient (Wildman–Crippen LogP) is -1.16. The van der Waals surface area contributed by atoms with Gasteiger partial charge in [-0.3, -0.25) is 9.59 Å². The lowest BCUT2D eigenvalue weighted by Gasteiger charge is -2.03. The third-order valence-electron chi connectivity index (χ3n) is 1.52. The van der Waals surface area contributed by atoms with E-state index in [0.29, 0.717) is 6.29 Å². The van der Waals surface area contributed by atoms with Crippen LogP contribution >= 0.6 is 0 Å². The summed E-state index contributed by atoms with van der Waals surface area (Å²) in [5.41, 5.74) is 0. The van der Waals surface area contributed by atoms with Crippen LogP contribution in [0.4, 0.5) is 0 Å². The lowest BCUT2D eigenvalue weighted by molar-refractivity contribution is -0.134. The summed E-state index contributed by atoms with van der Waals surface area (Å²) in [4.78, 5) is 32.9. The SMILES string of the molecule is CN1CC(=O)C(C=O)C1=O. The number of Topliss-reactive ketones (excluding diaryl/α,β-unsaturated/α-hetero) is 1. The molecule has 0 N–H and O–H groups in total. The Hall–Kier alpha value is -1.19. The average Bonchev–Trinajstić information content (AvgIpc) is 2.09. The van der Waals surface area contributed by atoms with Crippen LogP contribution in [-0.4, -0.2) is 36.5 Å². The summed E-state index contributed by atoms with van der Waals surface area (Å²) < 4.78 is 0. The molecule has 0 saturated carbocycles. The van der Waals surface area contributed by atoms with Gasteiger partial charge in [0.25, 0.3) is 0 Å². The maximum absolute atomic E-state index is 10.8. The molecule has 0 aliphatic carbocycles. The van der Waals surface area contributed by atoms with E-state index in [-0.39, 0.29) is 18.2 Å². The molecule has 1 rings (SSSR count). The Morgan fingerprint density at radius 3 is 2.40 bits per heavy atom. The molecule has 0 spiro atoms. The molecule has 0 aromatic carbocycles. The van der Waals surface area contributed by atoms with Crippen molar-refractivity contribution < 1.29 is 14.4 Å². The average molecular weight is 141 g/mol. The molecule has 1 unspecified atom stereocenters. The maximum Gasteiger partial charge on any atom is 0.240 e. The standard InChI is InChI=1S/C6H7NO3/c1-7-2-5(9)4(3-8)6(7)10/h3-4H,2H2,1H3. The second kappa shape index (κ2) is 2.21. The number of carbonyl (C=O) groups excluding carboxylic acids is 3. The summed E-state index contributed by atoms with van der Waals surface area (Å²) >= 11 is 0. The number of nitrogens with zero attached hydrogens (tertiary/aromatic N) is 1. The predicted molar refractivity (Wildman–Crippen MR) is 32.2 cm³/mol. The number of rotatable bonds is 1. The number of hydrogen-bond acceptors (Lipinski definition) is 3. The van der Waals surface area contributed by atoms with Gasteiger partial charge in [-0.15, -0.1) is 0 Å². The lowest BCUT2D eigenvalue weighted by atomic mass is 10.1. The summed E-state index contributed by atoms with van der Waals surface area (Å²) in [5.74, 6) is -1.72. The molecule has 0 bridgehead atoms. The van der Waals surface area contributed by atoms with Gasteiger partial charge < -0.3 is 9.69 Å². The van der Waals surface area contributed by atoms with Crippen molar-refractivity contribution in [1.29, 1.82) is 0 Å². The number of amides is 1. The first-order chi connectivity index (χ1) is 4.66. The minimum Gasteiger partial charge on any atom is -0.337 e. The van der Waals surface area contributed by atoms with Crippen LogP contribution in [0.15, 0.2) is 0 Å². The summed E-state index contributed by atoms with van der Waals surface area (Å²) in [6.07, 6.45) is 0.397. The van der Waals surface area contributed by atoms with Gasteiger partial charge in [0, 0.05) is 7.05 Å². The Balaban J connectivity index is 2.83. The number of likely N-dealkylation sites (tertiary alicyclic amines) is 1. The molecule has 4 heteroatoms. The highest BCUT2D eigenvalue weighted by atomic mass is 16.2. The molecule has 54 valence electrons. The zero-order valence-electron chi connectivity index (χ0n) is 5.53. The molecule has 1 saturated heterocycles. The van der Waals surface area contributed by atoms with Crippen molar-refractivity contribution in [1.82, 2.24) is 4.90 Å². The molecule has 4 nitrogen and oxygen atoms in total. The number of ketones is 1. The van der Waals surface area contributed by atoms with Crippen molar-refractivity contribution in [3.63, 3.8) is 0 Å². The molecule has 1 atom stereocenters. The van der Waals surface area contributed by atoms with Gasteiger partial charge in [0.1, 0.15) is 6.29 Å². The number of hydrogen-bond donors (Lipinski definition) is 0. The number of carbonyl (C=O) groups is 3. The molecular weight excluding hydrogens is 134 g/mol. The summed E-state index contributed by atoms with van der Waals surface area (Å²) in [6, 6.07) is 0. The van der Waals surface area contributed by atoms with Gasteiger partial charge in [-0.25, -0.2) is 0 Å². The van der Waals surface area contributed by atoms with Gasteiger partial charge in [-0.1, -0.05) is 0 Å². The monoisotopic (exact) mass is 141 g/mol. The molecule has 1 aliphatic rings. The highest BCUT2D eigenvalue weighted by Gasteiger charge is 2.36. The van der Waals surface area contributed by atoms with E-state index in [0.717, 1.165) is 0 Å². The lowest BCUT2D eigenvalue weighted by Crippen LogP contribution is -2.23. The zero-order chi connectivity index (χ0) is 7.72. The van der Waals surface area contributed by atoms with E-state index in [4.69, 9.17) is 0 Å². The Morgan fingerprint density at radius 2 is 2.20 bits per heavy atom. The largest absolute Gasteiger partial charge is 0.337 e. The van der Waals surface area contributed by atoms with Gasteiger partial charge in [0.2, 0.25) is 5.91 Å². The van der Waals surface area contributed by atoms with Crippen LogP contribution in [0.3, 0.4) is 0 Å². The summed E-state index contributed by atoms with van der Waals surface area (Å²) in [5, 5.41) is 0. The summed E-state index contributed by atoms with van der Waals surface area (Å²) in [6.45, 7) is 0.0717. The number of likely N-dealkylation sites (N-methyl/N-ethyl adjacent to an activating group) is 1. The molecule has 1 fully saturated rings. The number of aldehydes is 1. The van der Waals surface area contributed by atoms with Crippen LogP contribution in [0.1, 0.15) is 0 Å². The van der Waals surface area contributed by atoms with E-state index in [2.05, 4.69) is 0 Å². The topological polar surface area (TPSA) is 54.5 Å². The third-order valence-corrected chi connectivity index (χ3v) is 1.52. The van der Waals surface area contributed by atoms with Crippen molar-refractivity contribution >= 4 is 18.0 Å². The first-order valence-electron chi connectivity index (χ1n) is 2.90. The molecular formula is C6H7NO3. The van der Waals surface area contributed by atoms with Crippen LogP contribution in [-0.2, 0) is 14.4 Å². The molecule has 0 aromatic rings. The quantitative estimate of drug-likeness (QED) is 0.342. The van der Waals surface area contributed by atoms with Gasteiger partial charge >= 0.3 is 0 Å². The van der Waals surface area contributed by atoms with Gasteiger partial charge in [-0.2, -0.15) is 0 Å². The van der Waals surface area contributed by atoms with E-state index < -0.39 is 5.92 Å². The van der Waals surface area contributed by atoms with Crippen LogP contribution in [0.25, 0.3) is 0 Å². The zero-order valence-corrected chi connectivity index (χ0v) is 5.53.